The van der Waals surface area contributed by atoms with Crippen LogP contribution in [-0.2, 0) is 17.8 Å². The molecular weight excluding hydrogens is 318 g/mol. The van der Waals surface area contributed by atoms with Crippen LogP contribution in [0.25, 0.3) is 10.9 Å². The summed E-state index contributed by atoms with van der Waals surface area (Å²) < 4.78 is 7.79. The van der Waals surface area contributed by atoms with E-state index in [-0.39, 0.29) is 0 Å². The molecule has 0 aliphatic carbocycles. The number of rotatable bonds is 4. The third kappa shape index (κ3) is 2.75. The van der Waals surface area contributed by atoms with Crippen LogP contribution in [0.2, 0.25) is 0 Å². The Morgan fingerprint density at radius 3 is 3.05 bits per heavy atom. The molecule has 2 heterocycles. The van der Waals surface area contributed by atoms with Crippen LogP contribution >= 0.6 is 15.9 Å². The standard InChI is InChI=1S/C15H20BrN3O/c1-2-19-15-6-4-3-5-13(15)14(17-19)11-18-7-8-20-12(9-16)10-18/h3-6,12H,2,7-11H2,1H3. The Morgan fingerprint density at radius 1 is 1.40 bits per heavy atom. The van der Waals surface area contributed by atoms with Crippen molar-refractivity contribution in [1.29, 1.82) is 0 Å². The van der Waals surface area contributed by atoms with Crippen LogP contribution in [0, 0.1) is 0 Å². The number of hydrogen-bond acceptors (Lipinski definition) is 3. The van der Waals surface area contributed by atoms with Crippen molar-refractivity contribution in [3.63, 3.8) is 0 Å². The largest absolute Gasteiger partial charge is 0.375 e. The number of aryl methyl sites for hydroxylation is 1. The van der Waals surface area contributed by atoms with E-state index in [9.17, 15) is 0 Å². The molecule has 0 amide bonds. The van der Waals surface area contributed by atoms with E-state index in [1.54, 1.807) is 0 Å². The Hall–Kier alpha value is -0.910. The number of aromatic nitrogens is 2. The van der Waals surface area contributed by atoms with Gasteiger partial charge in [0.1, 0.15) is 0 Å². The summed E-state index contributed by atoms with van der Waals surface area (Å²) in [5.41, 5.74) is 2.41. The van der Waals surface area contributed by atoms with Crippen molar-refractivity contribution < 1.29 is 4.74 Å². The molecule has 1 aliphatic heterocycles. The summed E-state index contributed by atoms with van der Waals surface area (Å²) in [6, 6.07) is 8.49. The third-order valence-electron chi connectivity index (χ3n) is 3.80. The fourth-order valence-electron chi connectivity index (χ4n) is 2.78. The quantitative estimate of drug-likeness (QED) is 0.803. The minimum absolute atomic E-state index is 0.295. The van der Waals surface area contributed by atoms with Crippen molar-refractivity contribution in [2.24, 2.45) is 0 Å². The summed E-state index contributed by atoms with van der Waals surface area (Å²) in [7, 11) is 0. The maximum Gasteiger partial charge on any atom is 0.0843 e. The van der Waals surface area contributed by atoms with E-state index in [1.165, 1.54) is 16.6 Å². The summed E-state index contributed by atoms with van der Waals surface area (Å²) in [6.07, 6.45) is 0.295. The van der Waals surface area contributed by atoms with Gasteiger partial charge in [0.2, 0.25) is 0 Å². The molecule has 1 fully saturated rings. The molecule has 1 saturated heterocycles. The van der Waals surface area contributed by atoms with Gasteiger partial charge in [-0.2, -0.15) is 5.10 Å². The number of para-hydroxylation sites is 1. The van der Waals surface area contributed by atoms with Crippen LogP contribution in [-0.4, -0.2) is 45.8 Å². The highest BCUT2D eigenvalue weighted by molar-refractivity contribution is 9.09. The lowest BCUT2D eigenvalue weighted by Gasteiger charge is -2.31. The number of morpholine rings is 1. The fraction of sp³-hybridized carbons (Fsp3) is 0.533. The van der Waals surface area contributed by atoms with E-state index < -0.39 is 0 Å². The zero-order chi connectivity index (χ0) is 13.9. The van der Waals surface area contributed by atoms with Crippen molar-refractivity contribution in [3.8, 4) is 0 Å². The first-order valence-corrected chi connectivity index (χ1v) is 8.28. The van der Waals surface area contributed by atoms with Gasteiger partial charge < -0.3 is 4.74 Å². The molecule has 1 atom stereocenters. The lowest BCUT2D eigenvalue weighted by molar-refractivity contribution is -0.0184. The second-order valence-corrected chi connectivity index (χ2v) is 5.81. The predicted molar refractivity (Wildman–Crippen MR) is 84.2 cm³/mol. The van der Waals surface area contributed by atoms with Gasteiger partial charge in [0.25, 0.3) is 0 Å². The molecule has 0 radical (unpaired) electrons. The van der Waals surface area contributed by atoms with E-state index in [0.29, 0.717) is 6.10 Å². The van der Waals surface area contributed by atoms with Gasteiger partial charge in [-0.15, -0.1) is 0 Å². The highest BCUT2D eigenvalue weighted by Crippen LogP contribution is 2.21. The summed E-state index contributed by atoms with van der Waals surface area (Å²) >= 11 is 3.51. The van der Waals surface area contributed by atoms with E-state index in [2.05, 4.69) is 56.7 Å². The lowest BCUT2D eigenvalue weighted by atomic mass is 10.2. The summed E-state index contributed by atoms with van der Waals surface area (Å²) in [6.45, 7) is 6.71. The van der Waals surface area contributed by atoms with Crippen molar-refractivity contribution in [2.75, 3.05) is 25.0 Å². The Kier molecular flexibility index (Phi) is 4.38. The molecule has 20 heavy (non-hydrogen) atoms. The summed E-state index contributed by atoms with van der Waals surface area (Å²) in [5.74, 6) is 0. The predicted octanol–water partition coefficient (Wildman–Crippen LogP) is 2.65. The van der Waals surface area contributed by atoms with E-state index in [1.807, 2.05) is 0 Å². The second kappa shape index (κ2) is 6.24. The number of alkyl halides is 1. The maximum absolute atomic E-state index is 5.69. The average Bonchev–Trinajstić information content (AvgIpc) is 2.86. The Bertz CT molecular complexity index is 584. The zero-order valence-corrected chi connectivity index (χ0v) is 13.3. The molecule has 0 bridgehead atoms. The first-order chi connectivity index (χ1) is 9.81. The number of nitrogens with zero attached hydrogens (tertiary/aromatic N) is 3. The molecule has 1 unspecified atom stereocenters. The smallest absolute Gasteiger partial charge is 0.0843 e. The van der Waals surface area contributed by atoms with Crippen LogP contribution in [0.4, 0.5) is 0 Å². The van der Waals surface area contributed by atoms with Crippen molar-refractivity contribution in [1.82, 2.24) is 14.7 Å². The molecule has 1 aromatic carbocycles. The topological polar surface area (TPSA) is 30.3 Å². The molecule has 0 N–H and O–H groups in total. The molecule has 0 spiro atoms. The van der Waals surface area contributed by atoms with E-state index in [4.69, 9.17) is 9.84 Å². The molecule has 1 aromatic heterocycles. The molecule has 1 aliphatic rings. The van der Waals surface area contributed by atoms with Gasteiger partial charge in [0, 0.05) is 36.9 Å². The van der Waals surface area contributed by atoms with E-state index >= 15 is 0 Å². The average molecular weight is 338 g/mol. The second-order valence-electron chi connectivity index (χ2n) is 5.16. The van der Waals surface area contributed by atoms with Crippen LogP contribution in [0.1, 0.15) is 12.6 Å². The number of halogens is 1. The maximum atomic E-state index is 5.69. The van der Waals surface area contributed by atoms with Gasteiger partial charge in [-0.1, -0.05) is 34.1 Å². The monoisotopic (exact) mass is 337 g/mol. The highest BCUT2D eigenvalue weighted by atomic mass is 79.9. The van der Waals surface area contributed by atoms with Crippen molar-refractivity contribution >= 4 is 26.8 Å². The Labute approximate surface area is 127 Å². The van der Waals surface area contributed by atoms with Gasteiger partial charge in [0.15, 0.2) is 0 Å². The van der Waals surface area contributed by atoms with Crippen LogP contribution < -0.4 is 0 Å². The first-order valence-electron chi connectivity index (χ1n) is 7.16. The van der Waals surface area contributed by atoms with Crippen molar-refractivity contribution in [2.45, 2.75) is 26.1 Å². The fourth-order valence-corrected chi connectivity index (χ4v) is 3.17. The minimum atomic E-state index is 0.295. The molecule has 3 rings (SSSR count). The molecule has 0 saturated carbocycles. The van der Waals surface area contributed by atoms with Gasteiger partial charge in [0.05, 0.1) is 23.9 Å². The van der Waals surface area contributed by atoms with E-state index in [0.717, 1.165) is 38.1 Å². The first kappa shape index (κ1) is 14.0. The normalized spacial score (nSPS) is 20.6. The molecular formula is C15H20BrN3O. The molecule has 4 nitrogen and oxygen atoms in total. The van der Waals surface area contributed by atoms with Crippen LogP contribution in [0.15, 0.2) is 24.3 Å². The third-order valence-corrected chi connectivity index (χ3v) is 4.52. The Balaban J connectivity index is 1.83. The number of benzene rings is 1. The summed E-state index contributed by atoms with van der Waals surface area (Å²) in [5, 5.41) is 6.95. The molecule has 2 aromatic rings. The number of ether oxygens (including phenoxy) is 1. The van der Waals surface area contributed by atoms with Gasteiger partial charge >= 0.3 is 0 Å². The highest BCUT2D eigenvalue weighted by Gasteiger charge is 2.21. The SMILES string of the molecule is CCn1nc(CN2CCOC(CBr)C2)c2ccccc21. The van der Waals surface area contributed by atoms with Crippen LogP contribution in [0.3, 0.4) is 0 Å². The Morgan fingerprint density at radius 2 is 2.25 bits per heavy atom. The zero-order valence-electron chi connectivity index (χ0n) is 11.8. The minimum Gasteiger partial charge on any atom is -0.375 e. The molecule has 108 valence electrons. The number of hydrogen-bond donors (Lipinski definition) is 0. The van der Waals surface area contributed by atoms with Gasteiger partial charge in [-0.05, 0) is 13.0 Å². The van der Waals surface area contributed by atoms with Gasteiger partial charge in [-0.3, -0.25) is 9.58 Å². The lowest BCUT2D eigenvalue weighted by Crippen LogP contribution is -2.42. The number of fused-ring (bicyclic) bond motifs is 1. The summed E-state index contributed by atoms with van der Waals surface area (Å²) in [4.78, 5) is 2.43. The molecule has 5 heteroatoms. The van der Waals surface area contributed by atoms with Crippen LogP contribution in [0.5, 0.6) is 0 Å². The van der Waals surface area contributed by atoms with Crippen molar-refractivity contribution in [3.05, 3.63) is 30.0 Å². The van der Waals surface area contributed by atoms with Gasteiger partial charge in [-0.25, -0.2) is 0 Å².